The lowest BCUT2D eigenvalue weighted by Crippen LogP contribution is -2.12. The van der Waals surface area contributed by atoms with E-state index in [2.05, 4.69) is 0 Å². The van der Waals surface area contributed by atoms with E-state index in [1.54, 1.807) is 6.07 Å². The molecule has 90 valence electrons. The summed E-state index contributed by atoms with van der Waals surface area (Å²) in [5.74, 6) is -0.542. The van der Waals surface area contributed by atoms with Crippen molar-refractivity contribution in [3.63, 3.8) is 0 Å². The van der Waals surface area contributed by atoms with Crippen LogP contribution < -0.4 is 0 Å². The van der Waals surface area contributed by atoms with Gasteiger partial charge < -0.3 is 4.74 Å². The van der Waals surface area contributed by atoms with Gasteiger partial charge in [-0.2, -0.15) is 0 Å². The average molecular weight is 273 g/mol. The molecule has 0 aliphatic rings. The first-order valence-electron chi connectivity index (χ1n) is 5.06. The minimum Gasteiger partial charge on any atom is -0.372 e. The first-order chi connectivity index (χ1) is 8.22. The molecule has 0 saturated carbocycles. The molecule has 0 spiro atoms. The largest absolute Gasteiger partial charge is 0.372 e. The molecule has 2 aromatic rings. The van der Waals surface area contributed by atoms with Crippen molar-refractivity contribution in [3.8, 4) is 0 Å². The number of ketones is 1. The molecule has 0 saturated heterocycles. The Morgan fingerprint density at radius 1 is 1.47 bits per heavy atom. The van der Waals surface area contributed by atoms with Gasteiger partial charge in [0, 0.05) is 10.6 Å². The third kappa shape index (κ3) is 2.83. The Kier molecular flexibility index (Phi) is 4.10. The molecule has 5 heteroatoms. The maximum Gasteiger partial charge on any atom is 0.191 e. The summed E-state index contributed by atoms with van der Waals surface area (Å²) in [7, 11) is 0. The lowest BCUT2D eigenvalue weighted by Gasteiger charge is -2.03. The molecule has 0 amide bonds. The van der Waals surface area contributed by atoms with Crippen molar-refractivity contribution < 1.29 is 13.9 Å². The second-order valence-electron chi connectivity index (χ2n) is 3.46. The Bertz CT molecular complexity index is 538. The Morgan fingerprint density at radius 3 is 3.06 bits per heavy atom. The number of fused-ring (bicyclic) bond motifs is 1. The molecule has 1 aromatic carbocycles. The zero-order valence-corrected chi connectivity index (χ0v) is 10.5. The molecule has 0 aliphatic carbocycles. The first-order valence-corrected chi connectivity index (χ1v) is 6.47. The molecule has 17 heavy (non-hydrogen) atoms. The van der Waals surface area contributed by atoms with E-state index in [1.165, 1.54) is 17.4 Å². The molecule has 0 radical (unpaired) electrons. The van der Waals surface area contributed by atoms with E-state index >= 15 is 0 Å². The molecule has 0 unspecified atom stereocenters. The lowest BCUT2D eigenvalue weighted by molar-refractivity contribution is 0.0782. The van der Waals surface area contributed by atoms with E-state index in [0.29, 0.717) is 5.88 Å². The van der Waals surface area contributed by atoms with Crippen LogP contribution in [0.4, 0.5) is 4.39 Å². The van der Waals surface area contributed by atoms with Crippen molar-refractivity contribution in [1.82, 2.24) is 0 Å². The summed E-state index contributed by atoms with van der Waals surface area (Å²) < 4.78 is 19.5. The van der Waals surface area contributed by atoms with Gasteiger partial charge >= 0.3 is 0 Å². The Balaban J connectivity index is 2.21. The van der Waals surface area contributed by atoms with Gasteiger partial charge in [0.15, 0.2) is 5.78 Å². The molecule has 0 bridgehead atoms. The molecular formula is C12H10ClFO2S. The van der Waals surface area contributed by atoms with Crippen LogP contribution in [0.2, 0.25) is 0 Å². The summed E-state index contributed by atoms with van der Waals surface area (Å²) in [6.45, 7) is 0.148. The Hall–Kier alpha value is -0.970. The Morgan fingerprint density at radius 2 is 2.29 bits per heavy atom. The van der Waals surface area contributed by atoms with Crippen molar-refractivity contribution in [2.24, 2.45) is 0 Å². The molecule has 2 rings (SSSR count). The van der Waals surface area contributed by atoms with Crippen LogP contribution in [0.5, 0.6) is 0 Å². The summed E-state index contributed by atoms with van der Waals surface area (Å²) >= 11 is 6.86. The van der Waals surface area contributed by atoms with Gasteiger partial charge in [-0.3, -0.25) is 4.79 Å². The number of ether oxygens (including phenoxy) is 1. The van der Waals surface area contributed by atoms with Crippen LogP contribution in [0.3, 0.4) is 0 Å². The number of Topliss-reactive ketones (excluding diaryl/α,β-unsaturated/α-hetero) is 1. The van der Waals surface area contributed by atoms with Crippen molar-refractivity contribution >= 4 is 38.8 Å². The van der Waals surface area contributed by atoms with Gasteiger partial charge in [0.05, 0.1) is 12.2 Å². The minimum atomic E-state index is -0.501. The van der Waals surface area contributed by atoms with E-state index in [0.717, 1.165) is 10.1 Å². The van der Waals surface area contributed by atoms with Crippen molar-refractivity contribution in [2.75, 3.05) is 19.1 Å². The maximum absolute atomic E-state index is 13.7. The zero-order valence-electron chi connectivity index (χ0n) is 8.91. The molecule has 1 heterocycles. The fourth-order valence-corrected chi connectivity index (χ4v) is 2.40. The van der Waals surface area contributed by atoms with Crippen LogP contribution in [0.25, 0.3) is 10.1 Å². The second kappa shape index (κ2) is 5.58. The van der Waals surface area contributed by atoms with Gasteiger partial charge in [0.25, 0.3) is 0 Å². The van der Waals surface area contributed by atoms with E-state index in [-0.39, 0.29) is 24.6 Å². The van der Waals surface area contributed by atoms with E-state index in [9.17, 15) is 9.18 Å². The minimum absolute atomic E-state index is 0.0745. The number of halogens is 2. The van der Waals surface area contributed by atoms with Crippen LogP contribution in [-0.4, -0.2) is 24.9 Å². The van der Waals surface area contributed by atoms with Crippen molar-refractivity contribution in [2.45, 2.75) is 0 Å². The van der Waals surface area contributed by atoms with Gasteiger partial charge in [-0.1, -0.05) is 0 Å². The summed E-state index contributed by atoms with van der Waals surface area (Å²) in [6.07, 6.45) is 0. The molecular weight excluding hydrogens is 263 g/mol. The fraction of sp³-hybridized carbons (Fsp3) is 0.250. The number of carbonyl (C=O) groups excluding carboxylic acids is 1. The topological polar surface area (TPSA) is 26.3 Å². The molecule has 2 nitrogen and oxygen atoms in total. The highest BCUT2D eigenvalue weighted by molar-refractivity contribution is 7.17. The van der Waals surface area contributed by atoms with Crippen molar-refractivity contribution in [1.29, 1.82) is 0 Å². The normalized spacial score (nSPS) is 10.9. The van der Waals surface area contributed by atoms with Gasteiger partial charge in [-0.15, -0.1) is 22.9 Å². The molecule has 0 fully saturated rings. The number of benzene rings is 1. The van der Waals surface area contributed by atoms with E-state index < -0.39 is 5.82 Å². The van der Waals surface area contributed by atoms with Crippen LogP contribution >= 0.6 is 22.9 Å². The quantitative estimate of drug-likeness (QED) is 0.473. The van der Waals surface area contributed by atoms with Crippen LogP contribution in [0.15, 0.2) is 23.6 Å². The highest BCUT2D eigenvalue weighted by Gasteiger charge is 2.13. The first kappa shape index (κ1) is 12.5. The Labute approximate surface area is 107 Å². The predicted octanol–water partition coefficient (Wildman–Crippen LogP) is 3.48. The number of rotatable bonds is 5. The molecule has 0 aliphatic heterocycles. The maximum atomic E-state index is 13.7. The summed E-state index contributed by atoms with van der Waals surface area (Å²) in [4.78, 5) is 11.7. The standard InChI is InChI=1S/C12H10ClFO2S/c13-2-3-16-7-11(15)9-5-8-1-4-17-12(8)6-10(9)14/h1,4-6H,2-3,7H2. The second-order valence-corrected chi connectivity index (χ2v) is 4.78. The number of alkyl halides is 1. The third-order valence-corrected chi connectivity index (χ3v) is 3.33. The number of carbonyl (C=O) groups is 1. The summed E-state index contributed by atoms with van der Waals surface area (Å²) in [6, 6.07) is 4.80. The smallest absolute Gasteiger partial charge is 0.191 e. The molecule has 0 N–H and O–H groups in total. The number of hydrogen-bond donors (Lipinski definition) is 0. The van der Waals surface area contributed by atoms with Gasteiger partial charge in [-0.25, -0.2) is 4.39 Å². The SMILES string of the molecule is O=C(COCCCl)c1cc2ccsc2cc1F. The zero-order chi connectivity index (χ0) is 12.3. The predicted molar refractivity (Wildman–Crippen MR) is 67.7 cm³/mol. The number of thiophene rings is 1. The van der Waals surface area contributed by atoms with Gasteiger partial charge in [-0.05, 0) is 29.0 Å². The van der Waals surface area contributed by atoms with Crippen LogP contribution in [-0.2, 0) is 4.74 Å². The fourth-order valence-electron chi connectivity index (χ4n) is 1.50. The summed E-state index contributed by atoms with van der Waals surface area (Å²) in [5, 5.41) is 2.74. The van der Waals surface area contributed by atoms with Crippen molar-refractivity contribution in [3.05, 3.63) is 35.0 Å². The van der Waals surface area contributed by atoms with Gasteiger partial charge in [0.1, 0.15) is 12.4 Å². The average Bonchev–Trinajstić information content (AvgIpc) is 2.75. The van der Waals surface area contributed by atoms with E-state index in [1.807, 2.05) is 11.4 Å². The molecule has 0 atom stereocenters. The van der Waals surface area contributed by atoms with Crippen LogP contribution in [0, 0.1) is 5.82 Å². The lowest BCUT2D eigenvalue weighted by atomic mass is 10.1. The van der Waals surface area contributed by atoms with E-state index in [4.69, 9.17) is 16.3 Å². The van der Waals surface area contributed by atoms with Gasteiger partial charge in [0.2, 0.25) is 0 Å². The number of hydrogen-bond acceptors (Lipinski definition) is 3. The highest BCUT2D eigenvalue weighted by Crippen LogP contribution is 2.24. The van der Waals surface area contributed by atoms with Crippen LogP contribution in [0.1, 0.15) is 10.4 Å². The third-order valence-electron chi connectivity index (χ3n) is 2.30. The highest BCUT2D eigenvalue weighted by atomic mass is 35.5. The summed E-state index contributed by atoms with van der Waals surface area (Å²) in [5.41, 5.74) is 0.0745. The molecule has 1 aromatic heterocycles. The monoisotopic (exact) mass is 272 g/mol.